The lowest BCUT2D eigenvalue weighted by Gasteiger charge is -2.06. The molecule has 0 saturated carbocycles. The monoisotopic (exact) mass is 360 g/mol. The number of amides is 1. The summed E-state index contributed by atoms with van der Waals surface area (Å²) in [5.74, 6) is -0.344. The summed E-state index contributed by atoms with van der Waals surface area (Å²) in [6.07, 6.45) is 0. The van der Waals surface area contributed by atoms with E-state index in [0.29, 0.717) is 5.69 Å². The zero-order valence-electron chi connectivity index (χ0n) is 14.1. The van der Waals surface area contributed by atoms with Gasteiger partial charge in [-0.15, -0.1) is 11.3 Å². The Morgan fingerprint density at radius 3 is 2.81 bits per heavy atom. The number of nitrogens with zero attached hydrogens (tertiary/aromatic N) is 2. The number of hydrazone groups is 1. The molecule has 0 aliphatic carbocycles. The SMILES string of the molecule is CC(=NNC(=O)c1cc(-c2cccs2)[nH]n1)c1cccc2ccccc12. The van der Waals surface area contributed by atoms with Gasteiger partial charge in [0.15, 0.2) is 5.69 Å². The minimum Gasteiger partial charge on any atom is -0.276 e. The van der Waals surface area contributed by atoms with Crippen molar-refractivity contribution >= 4 is 33.7 Å². The third-order valence-corrected chi connectivity index (χ3v) is 5.00. The lowest BCUT2D eigenvalue weighted by molar-refractivity contribution is 0.0950. The maximum Gasteiger partial charge on any atom is 0.291 e. The fraction of sp³-hybridized carbons (Fsp3) is 0.0500. The van der Waals surface area contributed by atoms with Crippen LogP contribution in [-0.2, 0) is 0 Å². The number of benzene rings is 2. The molecule has 2 N–H and O–H groups in total. The summed E-state index contributed by atoms with van der Waals surface area (Å²) in [4.78, 5) is 13.4. The third kappa shape index (κ3) is 3.14. The zero-order valence-corrected chi connectivity index (χ0v) is 14.9. The molecule has 26 heavy (non-hydrogen) atoms. The molecule has 4 rings (SSSR count). The molecule has 128 valence electrons. The lowest BCUT2D eigenvalue weighted by atomic mass is 10.0. The van der Waals surface area contributed by atoms with E-state index < -0.39 is 0 Å². The fourth-order valence-electron chi connectivity index (χ4n) is 2.79. The number of nitrogens with one attached hydrogen (secondary N) is 2. The average molecular weight is 360 g/mol. The number of rotatable bonds is 4. The molecule has 0 unspecified atom stereocenters. The van der Waals surface area contributed by atoms with Crippen molar-refractivity contribution in [2.24, 2.45) is 5.10 Å². The van der Waals surface area contributed by atoms with Crippen LogP contribution in [0.3, 0.4) is 0 Å². The molecule has 0 aliphatic rings. The number of hydrogen-bond donors (Lipinski definition) is 2. The summed E-state index contributed by atoms with van der Waals surface area (Å²) in [7, 11) is 0. The van der Waals surface area contributed by atoms with E-state index in [1.165, 1.54) is 0 Å². The van der Waals surface area contributed by atoms with Gasteiger partial charge in [0.1, 0.15) is 0 Å². The maximum atomic E-state index is 12.3. The van der Waals surface area contributed by atoms with Crippen molar-refractivity contribution in [3.63, 3.8) is 0 Å². The Bertz CT molecular complexity index is 1090. The van der Waals surface area contributed by atoms with E-state index in [2.05, 4.69) is 32.9 Å². The van der Waals surface area contributed by atoms with Crippen molar-refractivity contribution in [1.82, 2.24) is 15.6 Å². The smallest absolute Gasteiger partial charge is 0.276 e. The molecular formula is C20H16N4OS. The van der Waals surface area contributed by atoms with Crippen molar-refractivity contribution in [1.29, 1.82) is 0 Å². The van der Waals surface area contributed by atoms with Gasteiger partial charge in [-0.3, -0.25) is 9.89 Å². The molecule has 2 aromatic carbocycles. The van der Waals surface area contributed by atoms with Gasteiger partial charge in [0.25, 0.3) is 5.91 Å². The van der Waals surface area contributed by atoms with Crippen molar-refractivity contribution in [3.8, 4) is 10.6 Å². The third-order valence-electron chi connectivity index (χ3n) is 4.10. The van der Waals surface area contributed by atoms with Crippen LogP contribution in [0.4, 0.5) is 0 Å². The van der Waals surface area contributed by atoms with Gasteiger partial charge in [-0.25, -0.2) is 5.43 Å². The van der Waals surface area contributed by atoms with Crippen LogP contribution in [0.5, 0.6) is 0 Å². The second kappa shape index (κ2) is 6.93. The van der Waals surface area contributed by atoms with Gasteiger partial charge in [0, 0.05) is 5.56 Å². The number of aromatic amines is 1. The first-order chi connectivity index (χ1) is 12.7. The van der Waals surface area contributed by atoms with Crippen LogP contribution in [0.15, 0.2) is 71.1 Å². The summed E-state index contributed by atoms with van der Waals surface area (Å²) >= 11 is 1.59. The van der Waals surface area contributed by atoms with E-state index in [0.717, 1.165) is 32.6 Å². The van der Waals surface area contributed by atoms with Gasteiger partial charge >= 0.3 is 0 Å². The highest BCUT2D eigenvalue weighted by molar-refractivity contribution is 7.13. The predicted octanol–water partition coefficient (Wildman–Crippen LogP) is 4.45. The highest BCUT2D eigenvalue weighted by Gasteiger charge is 2.12. The number of aromatic nitrogens is 2. The van der Waals surface area contributed by atoms with Crippen molar-refractivity contribution in [2.75, 3.05) is 0 Å². The predicted molar refractivity (Wildman–Crippen MR) is 106 cm³/mol. The molecule has 0 radical (unpaired) electrons. The minimum absolute atomic E-state index is 0.308. The van der Waals surface area contributed by atoms with Crippen LogP contribution < -0.4 is 5.43 Å². The molecule has 0 aliphatic heterocycles. The Labute approximate surface area is 154 Å². The molecule has 5 nitrogen and oxygen atoms in total. The molecule has 2 aromatic heterocycles. The summed E-state index contributed by atoms with van der Waals surface area (Å²) in [5.41, 5.74) is 5.45. The van der Waals surface area contributed by atoms with Gasteiger partial charge in [-0.2, -0.15) is 10.2 Å². The summed E-state index contributed by atoms with van der Waals surface area (Å²) in [5, 5.41) is 15.4. The van der Waals surface area contributed by atoms with E-state index >= 15 is 0 Å². The van der Waals surface area contributed by atoms with Gasteiger partial charge < -0.3 is 0 Å². The number of carbonyl (C=O) groups is 1. The first-order valence-corrected chi connectivity index (χ1v) is 9.02. The molecule has 0 fully saturated rings. The first-order valence-electron chi connectivity index (χ1n) is 8.14. The van der Waals surface area contributed by atoms with Crippen LogP contribution in [0.2, 0.25) is 0 Å². The Morgan fingerprint density at radius 2 is 1.96 bits per heavy atom. The molecule has 0 atom stereocenters. The highest BCUT2D eigenvalue weighted by Crippen LogP contribution is 2.23. The first kappa shape index (κ1) is 16.2. The van der Waals surface area contributed by atoms with Gasteiger partial charge in [0.2, 0.25) is 0 Å². The number of thiophene rings is 1. The fourth-order valence-corrected chi connectivity index (χ4v) is 3.48. The summed E-state index contributed by atoms with van der Waals surface area (Å²) in [6, 6.07) is 19.8. The quantitative estimate of drug-likeness (QED) is 0.417. The van der Waals surface area contributed by atoms with E-state index in [4.69, 9.17) is 0 Å². The van der Waals surface area contributed by atoms with Crippen LogP contribution in [0, 0.1) is 0 Å². The summed E-state index contributed by atoms with van der Waals surface area (Å²) in [6.45, 7) is 1.88. The largest absolute Gasteiger partial charge is 0.291 e. The Balaban J connectivity index is 1.54. The van der Waals surface area contributed by atoms with Gasteiger partial charge in [-0.1, -0.05) is 48.5 Å². The average Bonchev–Trinajstić information content (AvgIpc) is 3.36. The van der Waals surface area contributed by atoms with Crippen LogP contribution in [-0.4, -0.2) is 21.8 Å². The van der Waals surface area contributed by atoms with E-state index in [9.17, 15) is 4.79 Å². The Morgan fingerprint density at radius 1 is 1.12 bits per heavy atom. The molecule has 0 bridgehead atoms. The van der Waals surface area contributed by atoms with Gasteiger partial charge in [0.05, 0.1) is 16.3 Å². The van der Waals surface area contributed by atoms with Gasteiger partial charge in [-0.05, 0) is 35.2 Å². The number of H-pyrrole nitrogens is 1. The second-order valence-corrected chi connectivity index (χ2v) is 6.76. The van der Waals surface area contributed by atoms with E-state index in [1.54, 1.807) is 17.4 Å². The molecule has 2 heterocycles. The Kier molecular flexibility index (Phi) is 4.33. The topological polar surface area (TPSA) is 70.1 Å². The molecule has 0 saturated heterocycles. The van der Waals surface area contributed by atoms with Crippen molar-refractivity contribution < 1.29 is 4.79 Å². The standard InChI is InChI=1S/C20H16N4OS/c1-13(15-9-4-7-14-6-2-3-8-16(14)15)21-24-20(25)18-12-17(22-23-18)19-10-5-11-26-19/h2-12H,1H3,(H,22,23)(H,24,25). The van der Waals surface area contributed by atoms with E-state index in [1.807, 2.05) is 54.8 Å². The Hall–Kier alpha value is -3.25. The van der Waals surface area contributed by atoms with Crippen molar-refractivity contribution in [2.45, 2.75) is 6.92 Å². The molecule has 6 heteroatoms. The normalized spacial score (nSPS) is 11.7. The second-order valence-electron chi connectivity index (χ2n) is 5.81. The van der Waals surface area contributed by atoms with Crippen LogP contribution >= 0.6 is 11.3 Å². The zero-order chi connectivity index (χ0) is 17.9. The molecule has 4 aromatic rings. The number of fused-ring (bicyclic) bond motifs is 1. The molecule has 1 amide bonds. The lowest BCUT2D eigenvalue weighted by Crippen LogP contribution is -2.19. The number of hydrogen-bond acceptors (Lipinski definition) is 4. The van der Waals surface area contributed by atoms with Crippen molar-refractivity contribution in [3.05, 3.63) is 77.3 Å². The minimum atomic E-state index is -0.344. The van der Waals surface area contributed by atoms with E-state index in [-0.39, 0.29) is 5.91 Å². The van der Waals surface area contributed by atoms with Crippen LogP contribution in [0.25, 0.3) is 21.3 Å². The van der Waals surface area contributed by atoms with Crippen LogP contribution in [0.1, 0.15) is 23.0 Å². The summed E-state index contributed by atoms with van der Waals surface area (Å²) < 4.78 is 0. The highest BCUT2D eigenvalue weighted by atomic mass is 32.1. The molecule has 0 spiro atoms. The molecular weight excluding hydrogens is 344 g/mol. The maximum absolute atomic E-state index is 12.3. The number of carbonyl (C=O) groups excluding carboxylic acids is 1.